The minimum absolute atomic E-state index is 0.0546. The highest BCUT2D eigenvalue weighted by atomic mass is 28.4. The number of halogens is 6. The number of alkyl halides is 6. The van der Waals surface area contributed by atoms with E-state index in [1.54, 1.807) is 24.3 Å². The lowest BCUT2D eigenvalue weighted by Gasteiger charge is -2.38. The van der Waals surface area contributed by atoms with Gasteiger partial charge in [0.2, 0.25) is 5.41 Å². The first-order valence-electron chi connectivity index (χ1n) is 25.4. The minimum atomic E-state index is -5.72. The van der Waals surface area contributed by atoms with Crippen molar-refractivity contribution in [3.63, 3.8) is 0 Å². The first-order valence-corrected chi connectivity index (χ1v) is 43.2. The molecular weight excluding hydrogens is 1060 g/mol. The lowest BCUT2D eigenvalue weighted by molar-refractivity contribution is -0.288. The summed E-state index contributed by atoms with van der Waals surface area (Å²) in [7, 11) is -7.10. The van der Waals surface area contributed by atoms with Crippen LogP contribution in [0.2, 0.25) is 103 Å². The summed E-state index contributed by atoms with van der Waals surface area (Å²) in [5.74, 6) is 0.742. The average Bonchev–Trinajstić information content (AvgIpc) is 3.27. The molecule has 4 aromatic carbocycles. The van der Waals surface area contributed by atoms with Crippen LogP contribution < -0.4 is 43.9 Å². The first-order chi connectivity index (χ1) is 34.1. The molecule has 0 fully saturated rings. The summed E-state index contributed by atoms with van der Waals surface area (Å²) in [5.41, 5.74) is 28.1. The molecule has 0 aliphatic heterocycles. The lowest BCUT2D eigenvalue weighted by atomic mass is 9.73. The highest BCUT2D eigenvalue weighted by Crippen LogP contribution is 2.56. The van der Waals surface area contributed by atoms with E-state index in [0.717, 1.165) is 100 Å². The molecular formula is C51H90F6N6O5Si6. The number of ether oxygens (including phenoxy) is 2. The van der Waals surface area contributed by atoms with Gasteiger partial charge in [-0.15, -0.1) is 0 Å². The Labute approximate surface area is 446 Å². The SMILES string of the molecule is C[SiH2]O[Si](C)(C)C.C[Si](C)(C)O[Si](C)(CCCN)CCCN.C[Si](C)(C)O[Si](C)(CCCN)CCCN.Nc1ccc(Oc2ccc(C(c3ccc(Oc4ccc(N)cc4)cc3)(C(F)(F)F)C(F)(F)F)cc2)cc1. The molecule has 0 radical (unpaired) electrons. The number of benzene rings is 4. The highest BCUT2D eigenvalue weighted by molar-refractivity contribution is 6.85. The summed E-state index contributed by atoms with van der Waals surface area (Å²) in [4.78, 5) is 0. The van der Waals surface area contributed by atoms with Crippen LogP contribution in [0, 0.1) is 0 Å². The van der Waals surface area contributed by atoms with E-state index in [2.05, 4.69) is 78.6 Å². The van der Waals surface area contributed by atoms with Crippen molar-refractivity contribution >= 4 is 62.7 Å². The molecule has 0 atom stereocenters. The van der Waals surface area contributed by atoms with Crippen molar-refractivity contribution < 1.29 is 48.2 Å². The Kier molecular flexibility index (Phi) is 28.9. The van der Waals surface area contributed by atoms with E-state index in [1.807, 2.05) is 0 Å². The zero-order chi connectivity index (χ0) is 56.7. The fourth-order valence-corrected chi connectivity index (χ4v) is 29.4. The van der Waals surface area contributed by atoms with Crippen molar-refractivity contribution in [2.24, 2.45) is 22.9 Å². The Morgan fingerprint density at radius 3 is 0.824 bits per heavy atom. The van der Waals surface area contributed by atoms with Gasteiger partial charge in [0, 0.05) is 11.4 Å². The van der Waals surface area contributed by atoms with E-state index in [-0.39, 0.29) is 21.3 Å². The fraction of sp³-hybridized carbons (Fsp3) is 0.529. The van der Waals surface area contributed by atoms with Gasteiger partial charge in [-0.1, -0.05) is 30.8 Å². The summed E-state index contributed by atoms with van der Waals surface area (Å²) in [6.45, 7) is 30.3. The van der Waals surface area contributed by atoms with Crippen molar-refractivity contribution in [2.45, 2.75) is 146 Å². The van der Waals surface area contributed by atoms with Gasteiger partial charge in [-0.05, 0) is 232 Å². The van der Waals surface area contributed by atoms with E-state index in [4.69, 9.17) is 56.2 Å². The van der Waals surface area contributed by atoms with Gasteiger partial charge in [0.15, 0.2) is 41.6 Å². The Bertz CT molecular complexity index is 1980. The van der Waals surface area contributed by atoms with E-state index in [1.165, 1.54) is 48.4 Å². The second kappa shape index (κ2) is 31.2. The van der Waals surface area contributed by atoms with Gasteiger partial charge in [0.05, 0.1) is 0 Å². The Morgan fingerprint density at radius 1 is 0.405 bits per heavy atom. The molecule has 0 aliphatic carbocycles. The molecule has 0 heterocycles. The standard InChI is InChI=1S/C27H20F6N2O2.2C10H28N2OSi2.C4H14OSi2/c28-26(29,30)25(27(31,32)33,17-1-9-21(10-2-17)36-23-13-5-19(34)6-14-23)18-3-11-22(12-4-18)37-24-15-7-20(35)8-16-24;2*1-14(2,3)13-15(4,9-5-7-11)10-6-8-12;1-6-5-7(2,3)4/h1-16H,34-35H2;2*5-12H2,1-4H3;6H2,1-4H3. The van der Waals surface area contributed by atoms with Crippen molar-refractivity contribution in [1.82, 2.24) is 0 Å². The molecule has 0 aromatic heterocycles. The van der Waals surface area contributed by atoms with Gasteiger partial charge < -0.3 is 56.2 Å². The highest BCUT2D eigenvalue weighted by Gasteiger charge is 2.72. The predicted octanol–water partition coefficient (Wildman–Crippen LogP) is 13.0. The molecule has 4 aromatic rings. The zero-order valence-corrected chi connectivity index (χ0v) is 52.6. The Morgan fingerprint density at radius 2 is 0.649 bits per heavy atom. The van der Waals surface area contributed by atoms with Crippen molar-refractivity contribution in [2.75, 3.05) is 37.6 Å². The first kappa shape index (κ1) is 68.7. The minimum Gasteiger partial charge on any atom is -0.461 e. The van der Waals surface area contributed by atoms with Crippen LogP contribution in [0.4, 0.5) is 37.7 Å². The van der Waals surface area contributed by atoms with Crippen molar-refractivity contribution in [3.05, 3.63) is 108 Å². The van der Waals surface area contributed by atoms with Crippen LogP contribution in [-0.2, 0) is 17.8 Å². The Balaban J connectivity index is 0.000000609. The van der Waals surface area contributed by atoms with Gasteiger partial charge >= 0.3 is 12.4 Å². The summed E-state index contributed by atoms with van der Waals surface area (Å²) in [5, 5.41) is 0. The number of anilines is 2. The van der Waals surface area contributed by atoms with Gasteiger partial charge in [-0.25, -0.2) is 0 Å². The summed E-state index contributed by atoms with van der Waals surface area (Å²) >= 11 is 0. The lowest BCUT2D eigenvalue weighted by Crippen LogP contribution is -2.54. The molecule has 0 unspecified atom stereocenters. The van der Waals surface area contributed by atoms with Crippen LogP contribution in [0.5, 0.6) is 23.0 Å². The molecule has 12 N–H and O–H groups in total. The van der Waals surface area contributed by atoms with E-state index < -0.39 is 70.5 Å². The maximum Gasteiger partial charge on any atom is 0.411 e. The number of rotatable bonds is 24. The number of hydrogen-bond donors (Lipinski definition) is 6. The summed E-state index contributed by atoms with van der Waals surface area (Å²) in [6.07, 6.45) is -7.06. The fourth-order valence-electron chi connectivity index (χ4n) is 8.14. The van der Waals surface area contributed by atoms with E-state index in [0.29, 0.717) is 22.9 Å². The number of hydrogen-bond acceptors (Lipinski definition) is 11. The molecule has 420 valence electrons. The third kappa shape index (κ3) is 25.7. The number of nitrogens with two attached hydrogens (primary N) is 6. The molecule has 0 amide bonds. The molecule has 4 rings (SSSR count). The van der Waals surface area contributed by atoms with Crippen LogP contribution in [0.1, 0.15) is 36.8 Å². The molecule has 74 heavy (non-hydrogen) atoms. The summed E-state index contributed by atoms with van der Waals surface area (Å²) in [6, 6.07) is 24.2. The van der Waals surface area contributed by atoms with Gasteiger partial charge in [-0.2, -0.15) is 26.3 Å². The molecule has 0 aliphatic rings. The van der Waals surface area contributed by atoms with Gasteiger partial charge in [-0.3, -0.25) is 0 Å². The van der Waals surface area contributed by atoms with Crippen LogP contribution >= 0.6 is 0 Å². The molecule has 11 nitrogen and oxygen atoms in total. The van der Waals surface area contributed by atoms with Crippen molar-refractivity contribution in [3.8, 4) is 23.0 Å². The van der Waals surface area contributed by atoms with Crippen LogP contribution in [-0.4, -0.2) is 89.9 Å². The topological polar surface area (TPSA) is 202 Å². The smallest absolute Gasteiger partial charge is 0.411 e. The maximum atomic E-state index is 14.4. The molecule has 0 spiro atoms. The van der Waals surface area contributed by atoms with Gasteiger partial charge in [0.25, 0.3) is 0 Å². The number of nitrogen functional groups attached to an aromatic ring is 2. The second-order valence-corrected chi connectivity index (χ2v) is 45.4. The zero-order valence-electron chi connectivity index (χ0n) is 46.2. The quantitative estimate of drug-likeness (QED) is 0.0221. The maximum absolute atomic E-state index is 14.4. The van der Waals surface area contributed by atoms with Gasteiger partial charge in [0.1, 0.15) is 32.8 Å². The summed E-state index contributed by atoms with van der Waals surface area (Å²) < 4.78 is 116. The third-order valence-electron chi connectivity index (χ3n) is 11.0. The Hall–Kier alpha value is -3.32. The van der Waals surface area contributed by atoms with Crippen molar-refractivity contribution in [1.29, 1.82) is 0 Å². The molecule has 0 bridgehead atoms. The van der Waals surface area contributed by atoms with E-state index in [9.17, 15) is 26.3 Å². The largest absolute Gasteiger partial charge is 0.461 e. The third-order valence-corrected chi connectivity index (χ3v) is 30.1. The molecule has 0 saturated heterocycles. The van der Waals surface area contributed by atoms with E-state index >= 15 is 0 Å². The molecule has 23 heteroatoms. The molecule has 0 saturated carbocycles. The predicted molar refractivity (Wildman–Crippen MR) is 312 cm³/mol. The van der Waals surface area contributed by atoms with Crippen LogP contribution in [0.15, 0.2) is 97.1 Å². The normalized spacial score (nSPS) is 12.8. The van der Waals surface area contributed by atoms with Crippen LogP contribution in [0.3, 0.4) is 0 Å². The second-order valence-electron chi connectivity index (χ2n) is 21.6. The monoisotopic (exact) mass is 1150 g/mol. The van der Waals surface area contributed by atoms with Crippen LogP contribution in [0.25, 0.3) is 0 Å². The average molecular weight is 1150 g/mol.